The fourth-order valence-electron chi connectivity index (χ4n) is 2.37. The number of amides is 1. The van der Waals surface area contributed by atoms with Crippen LogP contribution in [0.25, 0.3) is 11.1 Å². The third kappa shape index (κ3) is 4.11. The Labute approximate surface area is 150 Å². The Bertz CT molecular complexity index is 872. The number of hydrogen-bond donors (Lipinski definition) is 1. The number of rotatable bonds is 6. The van der Waals surface area contributed by atoms with E-state index in [0.717, 1.165) is 0 Å². The average Bonchev–Trinajstić information content (AvgIpc) is 2.68. The third-order valence-electron chi connectivity index (χ3n) is 3.73. The molecule has 0 aliphatic heterocycles. The number of aromatic nitrogens is 1. The standard InChI is InChI=1S/C19H17N3O4/c1-3-17(23)16(10-20)18(24)22-13-6-7-14(12-5-4-8-21-11-12)15(9-13)19(25)26-2/h4-9,11,16H,3H2,1-2H3,(H,22,24). The zero-order valence-corrected chi connectivity index (χ0v) is 14.4. The van der Waals surface area contributed by atoms with Gasteiger partial charge in [-0.3, -0.25) is 14.6 Å². The summed E-state index contributed by atoms with van der Waals surface area (Å²) >= 11 is 0. The Morgan fingerprint density at radius 2 is 2.08 bits per heavy atom. The second-order valence-electron chi connectivity index (χ2n) is 5.36. The second kappa shape index (κ2) is 8.53. The van der Waals surface area contributed by atoms with Crippen LogP contribution >= 0.6 is 0 Å². The highest BCUT2D eigenvalue weighted by atomic mass is 16.5. The van der Waals surface area contributed by atoms with Crippen molar-refractivity contribution < 1.29 is 19.1 Å². The molecule has 1 amide bonds. The number of esters is 1. The largest absolute Gasteiger partial charge is 0.465 e. The van der Waals surface area contributed by atoms with Gasteiger partial charge in [-0.25, -0.2) is 4.79 Å². The first kappa shape index (κ1) is 18.8. The molecule has 7 nitrogen and oxygen atoms in total. The van der Waals surface area contributed by atoms with Gasteiger partial charge < -0.3 is 10.1 Å². The van der Waals surface area contributed by atoms with Crippen LogP contribution in [0.1, 0.15) is 23.7 Å². The van der Waals surface area contributed by atoms with Crippen LogP contribution in [0.2, 0.25) is 0 Å². The van der Waals surface area contributed by atoms with Gasteiger partial charge >= 0.3 is 5.97 Å². The van der Waals surface area contributed by atoms with Crippen LogP contribution in [-0.2, 0) is 14.3 Å². The molecule has 7 heteroatoms. The van der Waals surface area contributed by atoms with Crippen molar-refractivity contribution in [1.29, 1.82) is 5.26 Å². The van der Waals surface area contributed by atoms with Crippen LogP contribution in [0.4, 0.5) is 5.69 Å². The number of benzene rings is 1. The molecule has 0 aliphatic rings. The number of nitrogens with one attached hydrogen (secondary N) is 1. The van der Waals surface area contributed by atoms with Crippen LogP contribution < -0.4 is 5.32 Å². The number of anilines is 1. The van der Waals surface area contributed by atoms with E-state index in [1.54, 1.807) is 49.7 Å². The van der Waals surface area contributed by atoms with E-state index in [-0.39, 0.29) is 17.7 Å². The number of ketones is 1. The molecular formula is C19H17N3O4. The summed E-state index contributed by atoms with van der Waals surface area (Å²) in [7, 11) is 1.26. The molecule has 1 N–H and O–H groups in total. The normalized spacial score (nSPS) is 11.1. The Morgan fingerprint density at radius 1 is 1.31 bits per heavy atom. The lowest BCUT2D eigenvalue weighted by molar-refractivity contribution is -0.128. The van der Waals surface area contributed by atoms with Gasteiger partial charge in [-0.15, -0.1) is 0 Å². The second-order valence-corrected chi connectivity index (χ2v) is 5.36. The van der Waals surface area contributed by atoms with E-state index >= 15 is 0 Å². The molecule has 0 aliphatic carbocycles. The number of ether oxygens (including phenoxy) is 1. The Morgan fingerprint density at radius 3 is 2.65 bits per heavy atom. The lowest BCUT2D eigenvalue weighted by atomic mass is 9.99. The molecule has 1 atom stereocenters. The zero-order chi connectivity index (χ0) is 19.1. The van der Waals surface area contributed by atoms with Gasteiger partial charge in [0, 0.05) is 30.1 Å². The molecule has 0 spiro atoms. The maximum Gasteiger partial charge on any atom is 0.338 e. The van der Waals surface area contributed by atoms with Crippen LogP contribution in [0.3, 0.4) is 0 Å². The van der Waals surface area contributed by atoms with Crippen molar-refractivity contribution in [1.82, 2.24) is 4.98 Å². The van der Waals surface area contributed by atoms with Gasteiger partial charge in [-0.05, 0) is 23.8 Å². The van der Waals surface area contributed by atoms with Crippen molar-refractivity contribution in [2.45, 2.75) is 13.3 Å². The lowest BCUT2D eigenvalue weighted by Crippen LogP contribution is -2.28. The van der Waals surface area contributed by atoms with Crippen molar-refractivity contribution in [2.75, 3.05) is 12.4 Å². The lowest BCUT2D eigenvalue weighted by Gasteiger charge is -2.12. The summed E-state index contributed by atoms with van der Waals surface area (Å²) < 4.78 is 4.80. The molecule has 2 rings (SSSR count). The van der Waals surface area contributed by atoms with Crippen molar-refractivity contribution in [2.24, 2.45) is 5.92 Å². The number of carbonyl (C=O) groups excluding carboxylic acids is 3. The number of nitrogens with zero attached hydrogens (tertiary/aromatic N) is 2. The van der Waals surface area contributed by atoms with Crippen LogP contribution in [-0.4, -0.2) is 29.8 Å². The van der Waals surface area contributed by atoms with E-state index in [4.69, 9.17) is 10.00 Å². The highest BCUT2D eigenvalue weighted by Crippen LogP contribution is 2.27. The number of hydrogen-bond acceptors (Lipinski definition) is 6. The molecular weight excluding hydrogens is 334 g/mol. The maximum absolute atomic E-state index is 12.2. The number of carbonyl (C=O) groups is 3. The SMILES string of the molecule is CCC(=O)C(C#N)C(=O)Nc1ccc(-c2cccnc2)c(C(=O)OC)c1. The van der Waals surface area contributed by atoms with Crippen LogP contribution in [0.5, 0.6) is 0 Å². The van der Waals surface area contributed by atoms with Gasteiger partial charge in [0.05, 0.1) is 18.7 Å². The topological polar surface area (TPSA) is 109 Å². The van der Waals surface area contributed by atoms with Gasteiger partial charge in [-0.2, -0.15) is 5.26 Å². The molecule has 1 heterocycles. The van der Waals surface area contributed by atoms with Crippen molar-refractivity contribution in [3.05, 3.63) is 48.3 Å². The predicted octanol–water partition coefficient (Wildman–Crippen LogP) is 2.59. The maximum atomic E-state index is 12.2. The molecule has 1 unspecified atom stereocenters. The molecule has 0 fully saturated rings. The number of pyridine rings is 1. The summed E-state index contributed by atoms with van der Waals surface area (Å²) in [6.45, 7) is 1.58. The Kier molecular flexibility index (Phi) is 6.17. The van der Waals surface area contributed by atoms with E-state index in [0.29, 0.717) is 11.1 Å². The van der Waals surface area contributed by atoms with Gasteiger partial charge in [0.15, 0.2) is 11.7 Å². The number of Topliss-reactive ketones (excluding diaryl/α,β-unsaturated/α-hetero) is 1. The average molecular weight is 351 g/mol. The first-order valence-electron chi connectivity index (χ1n) is 7.87. The van der Waals surface area contributed by atoms with E-state index in [9.17, 15) is 14.4 Å². The molecule has 1 aromatic carbocycles. The van der Waals surface area contributed by atoms with Gasteiger partial charge in [-0.1, -0.05) is 19.1 Å². The first-order chi connectivity index (χ1) is 12.5. The fraction of sp³-hybridized carbons (Fsp3) is 0.211. The van der Waals surface area contributed by atoms with Crippen molar-refractivity contribution in [3.63, 3.8) is 0 Å². The van der Waals surface area contributed by atoms with Crippen molar-refractivity contribution >= 4 is 23.3 Å². The first-order valence-corrected chi connectivity index (χ1v) is 7.87. The number of nitriles is 1. The minimum Gasteiger partial charge on any atom is -0.465 e. The molecule has 1 aromatic heterocycles. The molecule has 0 radical (unpaired) electrons. The summed E-state index contributed by atoms with van der Waals surface area (Å²) in [5.74, 6) is -3.17. The number of methoxy groups -OCH3 is 1. The molecule has 2 aromatic rings. The Balaban J connectivity index is 2.37. The summed E-state index contributed by atoms with van der Waals surface area (Å²) in [5, 5.41) is 11.5. The fourth-order valence-corrected chi connectivity index (χ4v) is 2.37. The molecule has 0 saturated carbocycles. The summed E-state index contributed by atoms with van der Waals surface area (Å²) in [5.41, 5.74) is 1.81. The summed E-state index contributed by atoms with van der Waals surface area (Å²) in [6, 6.07) is 9.89. The van der Waals surface area contributed by atoms with Crippen molar-refractivity contribution in [3.8, 4) is 17.2 Å². The molecule has 132 valence electrons. The third-order valence-corrected chi connectivity index (χ3v) is 3.73. The van der Waals surface area contributed by atoms with Gasteiger partial charge in [0.1, 0.15) is 0 Å². The minimum absolute atomic E-state index is 0.0823. The minimum atomic E-state index is -1.39. The molecule has 0 saturated heterocycles. The molecule has 0 bridgehead atoms. The van der Waals surface area contributed by atoms with E-state index < -0.39 is 23.6 Å². The zero-order valence-electron chi connectivity index (χ0n) is 14.4. The van der Waals surface area contributed by atoms with E-state index in [2.05, 4.69) is 10.3 Å². The molecule has 26 heavy (non-hydrogen) atoms. The quantitative estimate of drug-likeness (QED) is 0.633. The van der Waals surface area contributed by atoms with Gasteiger partial charge in [0.25, 0.3) is 0 Å². The monoisotopic (exact) mass is 351 g/mol. The highest BCUT2D eigenvalue weighted by Gasteiger charge is 2.25. The smallest absolute Gasteiger partial charge is 0.338 e. The van der Waals surface area contributed by atoms with Crippen LogP contribution in [0.15, 0.2) is 42.7 Å². The summed E-state index contributed by atoms with van der Waals surface area (Å²) in [4.78, 5) is 40.0. The Hall–Kier alpha value is -3.53. The van der Waals surface area contributed by atoms with E-state index in [1.165, 1.54) is 13.2 Å². The van der Waals surface area contributed by atoms with Crippen LogP contribution in [0, 0.1) is 17.2 Å². The summed E-state index contributed by atoms with van der Waals surface area (Å²) in [6.07, 6.45) is 3.30. The predicted molar refractivity (Wildman–Crippen MR) is 94.0 cm³/mol. The van der Waals surface area contributed by atoms with Gasteiger partial charge in [0.2, 0.25) is 5.91 Å². The highest BCUT2D eigenvalue weighted by molar-refractivity contribution is 6.10. The van der Waals surface area contributed by atoms with E-state index in [1.807, 2.05) is 0 Å².